The largest absolute Gasteiger partial charge is 0.493 e. The van der Waals surface area contributed by atoms with Crippen LogP contribution in [0.5, 0.6) is 5.75 Å². The van der Waals surface area contributed by atoms with E-state index in [0.29, 0.717) is 12.0 Å². The van der Waals surface area contributed by atoms with Crippen LogP contribution in [0.1, 0.15) is 78.1 Å². The molecular weight excluding hydrogens is 288 g/mol. The summed E-state index contributed by atoms with van der Waals surface area (Å²) in [5, 5.41) is 8.87. The van der Waals surface area contributed by atoms with E-state index >= 15 is 0 Å². The van der Waals surface area contributed by atoms with Crippen molar-refractivity contribution in [3.05, 3.63) is 29.8 Å². The SMILES string of the molecule is CC.CCCC(C)(C)CC(C)(C)COc1ccc(C(=O)O)cc1. The van der Waals surface area contributed by atoms with Gasteiger partial charge in [-0.15, -0.1) is 0 Å². The minimum atomic E-state index is -0.914. The number of rotatable bonds is 8. The smallest absolute Gasteiger partial charge is 0.335 e. The van der Waals surface area contributed by atoms with Crippen molar-refractivity contribution >= 4 is 5.97 Å². The molecule has 0 saturated carbocycles. The van der Waals surface area contributed by atoms with Gasteiger partial charge in [-0.2, -0.15) is 0 Å². The molecule has 1 rings (SSSR count). The number of carboxylic acids is 1. The van der Waals surface area contributed by atoms with Crippen LogP contribution in [0.15, 0.2) is 24.3 Å². The fourth-order valence-electron chi connectivity index (χ4n) is 3.08. The summed E-state index contributed by atoms with van der Waals surface area (Å²) in [5.41, 5.74) is 0.685. The molecule has 0 saturated heterocycles. The fraction of sp³-hybridized carbons (Fsp3) is 0.650. The van der Waals surface area contributed by atoms with E-state index in [9.17, 15) is 4.79 Å². The Morgan fingerprint density at radius 2 is 1.57 bits per heavy atom. The van der Waals surface area contributed by atoms with Gasteiger partial charge in [0, 0.05) is 0 Å². The topological polar surface area (TPSA) is 46.5 Å². The second kappa shape index (κ2) is 9.59. The molecule has 0 bridgehead atoms. The minimum absolute atomic E-state index is 0.0874. The highest BCUT2D eigenvalue weighted by Gasteiger charge is 2.28. The maximum absolute atomic E-state index is 10.8. The van der Waals surface area contributed by atoms with E-state index in [1.54, 1.807) is 24.3 Å². The summed E-state index contributed by atoms with van der Waals surface area (Å²) in [6.07, 6.45) is 3.51. The summed E-state index contributed by atoms with van der Waals surface area (Å²) in [4.78, 5) is 10.8. The quantitative estimate of drug-likeness (QED) is 0.635. The fourth-order valence-corrected chi connectivity index (χ4v) is 3.08. The van der Waals surface area contributed by atoms with Crippen molar-refractivity contribution in [1.82, 2.24) is 0 Å². The number of benzene rings is 1. The highest BCUT2D eigenvalue weighted by molar-refractivity contribution is 5.87. The van der Waals surface area contributed by atoms with E-state index in [1.165, 1.54) is 12.8 Å². The summed E-state index contributed by atoms with van der Waals surface area (Å²) in [6, 6.07) is 6.59. The van der Waals surface area contributed by atoms with E-state index in [0.717, 1.165) is 12.2 Å². The Morgan fingerprint density at radius 3 is 2.00 bits per heavy atom. The lowest BCUT2D eigenvalue weighted by Gasteiger charge is -2.34. The molecule has 0 spiro atoms. The van der Waals surface area contributed by atoms with Crippen molar-refractivity contribution in [2.24, 2.45) is 10.8 Å². The molecule has 23 heavy (non-hydrogen) atoms. The molecule has 0 unspecified atom stereocenters. The molecule has 0 heterocycles. The first-order chi connectivity index (χ1) is 10.7. The number of aromatic carboxylic acids is 1. The molecule has 0 radical (unpaired) electrons. The number of ether oxygens (including phenoxy) is 1. The van der Waals surface area contributed by atoms with Crippen LogP contribution >= 0.6 is 0 Å². The minimum Gasteiger partial charge on any atom is -0.493 e. The Hall–Kier alpha value is -1.51. The predicted molar refractivity (Wildman–Crippen MR) is 97.3 cm³/mol. The first-order valence-corrected chi connectivity index (χ1v) is 8.61. The molecule has 0 aliphatic rings. The third-order valence-electron chi connectivity index (χ3n) is 3.61. The molecule has 1 aromatic carbocycles. The third-order valence-corrected chi connectivity index (χ3v) is 3.61. The second-order valence-corrected chi connectivity index (χ2v) is 7.37. The second-order valence-electron chi connectivity index (χ2n) is 7.37. The number of hydrogen-bond acceptors (Lipinski definition) is 2. The van der Waals surface area contributed by atoms with Crippen molar-refractivity contribution in [1.29, 1.82) is 0 Å². The molecule has 1 aromatic rings. The highest BCUT2D eigenvalue weighted by Crippen LogP contribution is 2.37. The Kier molecular flexibility index (Phi) is 8.96. The van der Waals surface area contributed by atoms with Gasteiger partial charge >= 0.3 is 5.97 Å². The summed E-state index contributed by atoms with van der Waals surface area (Å²) in [5.74, 6) is -0.190. The summed E-state index contributed by atoms with van der Waals surface area (Å²) < 4.78 is 5.84. The van der Waals surface area contributed by atoms with Crippen molar-refractivity contribution in [2.45, 2.75) is 67.7 Å². The normalized spacial score (nSPS) is 11.4. The van der Waals surface area contributed by atoms with Gasteiger partial charge in [-0.25, -0.2) is 4.79 Å². The summed E-state index contributed by atoms with van der Waals surface area (Å²) >= 11 is 0. The number of carbonyl (C=O) groups is 1. The van der Waals surface area contributed by atoms with Crippen molar-refractivity contribution in [2.75, 3.05) is 6.61 Å². The molecule has 0 aliphatic heterocycles. The van der Waals surface area contributed by atoms with E-state index in [2.05, 4.69) is 34.6 Å². The number of hydrogen-bond donors (Lipinski definition) is 1. The molecule has 0 aliphatic carbocycles. The lowest BCUT2D eigenvalue weighted by atomic mass is 9.73. The molecule has 0 aromatic heterocycles. The Labute approximate surface area is 142 Å². The zero-order chi connectivity index (χ0) is 18.1. The van der Waals surface area contributed by atoms with Crippen LogP contribution in [0.4, 0.5) is 0 Å². The zero-order valence-electron chi connectivity index (χ0n) is 15.9. The van der Waals surface area contributed by atoms with Crippen LogP contribution in [0.2, 0.25) is 0 Å². The monoisotopic (exact) mass is 322 g/mol. The van der Waals surface area contributed by atoms with Crippen LogP contribution in [0, 0.1) is 10.8 Å². The van der Waals surface area contributed by atoms with Crippen LogP contribution in [-0.4, -0.2) is 17.7 Å². The summed E-state index contributed by atoms with van der Waals surface area (Å²) in [7, 11) is 0. The van der Waals surface area contributed by atoms with Gasteiger partial charge in [0.2, 0.25) is 0 Å². The Balaban J connectivity index is 0.00000232. The van der Waals surface area contributed by atoms with E-state index in [-0.39, 0.29) is 11.0 Å². The third kappa shape index (κ3) is 8.63. The zero-order valence-corrected chi connectivity index (χ0v) is 15.9. The molecule has 3 nitrogen and oxygen atoms in total. The molecule has 132 valence electrons. The Morgan fingerprint density at radius 1 is 1.04 bits per heavy atom. The molecule has 3 heteroatoms. The molecule has 0 atom stereocenters. The maximum atomic E-state index is 10.8. The van der Waals surface area contributed by atoms with Gasteiger partial charge in [-0.05, 0) is 47.9 Å². The van der Waals surface area contributed by atoms with Gasteiger partial charge in [-0.1, -0.05) is 54.9 Å². The van der Waals surface area contributed by atoms with Gasteiger partial charge in [0.05, 0.1) is 12.2 Å². The Bertz CT molecular complexity index is 458. The van der Waals surface area contributed by atoms with Crippen LogP contribution in [0.3, 0.4) is 0 Å². The highest BCUT2D eigenvalue weighted by atomic mass is 16.5. The average molecular weight is 322 g/mol. The van der Waals surface area contributed by atoms with Gasteiger partial charge in [0.25, 0.3) is 0 Å². The molecular formula is C20H34O3. The standard InChI is InChI=1S/C18H28O3.C2H6/c1-6-11-17(2,3)12-18(4,5)13-21-15-9-7-14(8-10-15)16(19)20;1-2/h7-10H,6,11-13H2,1-5H3,(H,19,20);1-2H3. The van der Waals surface area contributed by atoms with E-state index < -0.39 is 5.97 Å². The van der Waals surface area contributed by atoms with Crippen LogP contribution in [-0.2, 0) is 0 Å². The molecule has 1 N–H and O–H groups in total. The van der Waals surface area contributed by atoms with Gasteiger partial charge in [-0.3, -0.25) is 0 Å². The average Bonchev–Trinajstić information content (AvgIpc) is 2.46. The molecule has 0 fully saturated rings. The summed E-state index contributed by atoms with van der Waals surface area (Å²) in [6.45, 7) is 15.9. The first kappa shape index (κ1) is 21.5. The van der Waals surface area contributed by atoms with Gasteiger partial charge in [0.1, 0.15) is 5.75 Å². The van der Waals surface area contributed by atoms with Gasteiger partial charge in [0.15, 0.2) is 0 Å². The van der Waals surface area contributed by atoms with E-state index in [1.807, 2.05) is 13.8 Å². The predicted octanol–water partition coefficient (Wildman–Crippen LogP) is 6.03. The van der Waals surface area contributed by atoms with Crippen molar-refractivity contribution in [3.63, 3.8) is 0 Å². The lowest BCUT2D eigenvalue weighted by molar-refractivity contribution is 0.0696. The van der Waals surface area contributed by atoms with Gasteiger partial charge < -0.3 is 9.84 Å². The van der Waals surface area contributed by atoms with Crippen molar-refractivity contribution in [3.8, 4) is 5.75 Å². The first-order valence-electron chi connectivity index (χ1n) is 8.61. The number of carboxylic acid groups (broad SMARTS) is 1. The van der Waals surface area contributed by atoms with Crippen LogP contribution in [0.25, 0.3) is 0 Å². The lowest BCUT2D eigenvalue weighted by Crippen LogP contribution is -2.28. The van der Waals surface area contributed by atoms with Crippen LogP contribution < -0.4 is 4.74 Å². The van der Waals surface area contributed by atoms with E-state index in [4.69, 9.17) is 9.84 Å². The maximum Gasteiger partial charge on any atom is 0.335 e. The van der Waals surface area contributed by atoms with Crippen molar-refractivity contribution < 1.29 is 14.6 Å². The molecule has 0 amide bonds.